The lowest BCUT2D eigenvalue weighted by Crippen LogP contribution is -2.25. The van der Waals surface area contributed by atoms with Crippen LogP contribution in [0.1, 0.15) is 58.1 Å². The van der Waals surface area contributed by atoms with Gasteiger partial charge in [-0.3, -0.25) is 9.59 Å². The smallest absolute Gasteiger partial charge is 0.220 e. The van der Waals surface area contributed by atoms with Crippen LogP contribution in [0, 0.1) is 0 Å². The fourth-order valence-corrected chi connectivity index (χ4v) is 2.90. The summed E-state index contributed by atoms with van der Waals surface area (Å²) in [5.41, 5.74) is 2.01. The molecular weight excluding hydrogens is 392 g/mol. The third-order valence-electron chi connectivity index (χ3n) is 4.38. The lowest BCUT2D eigenvalue weighted by Gasteiger charge is -2.11. The second kappa shape index (κ2) is 12.6. The topological polar surface area (TPSA) is 76.7 Å². The van der Waals surface area contributed by atoms with E-state index in [0.717, 1.165) is 22.6 Å². The number of rotatable bonds is 12. The van der Waals surface area contributed by atoms with Crippen LogP contribution < -0.4 is 20.1 Å². The third kappa shape index (κ3) is 10.0. The van der Waals surface area contributed by atoms with Crippen LogP contribution in [0.2, 0.25) is 0 Å². The molecule has 2 N–H and O–H groups in total. The van der Waals surface area contributed by atoms with Crippen molar-refractivity contribution < 1.29 is 19.1 Å². The Morgan fingerprint density at radius 1 is 0.677 bits per heavy atom. The first-order valence-electron chi connectivity index (χ1n) is 10.9. The van der Waals surface area contributed by atoms with Crippen molar-refractivity contribution in [3.63, 3.8) is 0 Å². The molecule has 0 aliphatic carbocycles. The van der Waals surface area contributed by atoms with Gasteiger partial charge in [0.2, 0.25) is 11.8 Å². The molecule has 31 heavy (non-hydrogen) atoms. The number of benzene rings is 2. The van der Waals surface area contributed by atoms with Crippen LogP contribution in [-0.4, -0.2) is 24.0 Å². The highest BCUT2D eigenvalue weighted by Crippen LogP contribution is 2.14. The number of hydrogen-bond acceptors (Lipinski definition) is 4. The zero-order valence-corrected chi connectivity index (χ0v) is 18.9. The fourth-order valence-electron chi connectivity index (χ4n) is 2.90. The second-order valence-electron chi connectivity index (χ2n) is 8.03. The molecule has 0 saturated heterocycles. The van der Waals surface area contributed by atoms with Crippen LogP contribution in [0.5, 0.6) is 11.5 Å². The maximum absolute atomic E-state index is 12.0. The van der Waals surface area contributed by atoms with Gasteiger partial charge in [-0.05, 0) is 69.5 Å². The van der Waals surface area contributed by atoms with Crippen molar-refractivity contribution in [2.24, 2.45) is 0 Å². The molecule has 2 aromatic rings. The average molecular weight is 427 g/mol. The second-order valence-corrected chi connectivity index (χ2v) is 8.03. The Balaban J connectivity index is 1.60. The zero-order chi connectivity index (χ0) is 22.6. The van der Waals surface area contributed by atoms with Gasteiger partial charge in [-0.1, -0.05) is 24.3 Å². The van der Waals surface area contributed by atoms with Crippen molar-refractivity contribution in [1.82, 2.24) is 10.6 Å². The van der Waals surface area contributed by atoms with Crippen LogP contribution in [0.3, 0.4) is 0 Å². The monoisotopic (exact) mass is 426 g/mol. The third-order valence-corrected chi connectivity index (χ3v) is 4.38. The molecule has 0 unspecified atom stereocenters. The van der Waals surface area contributed by atoms with Crippen molar-refractivity contribution in [3.05, 3.63) is 59.7 Å². The van der Waals surface area contributed by atoms with Crippen molar-refractivity contribution in [2.75, 3.05) is 0 Å². The minimum absolute atomic E-state index is 0.0592. The van der Waals surface area contributed by atoms with E-state index in [1.54, 1.807) is 0 Å². The molecule has 2 rings (SSSR count). The van der Waals surface area contributed by atoms with Crippen molar-refractivity contribution >= 4 is 11.8 Å². The Morgan fingerprint density at radius 3 is 1.35 bits per heavy atom. The normalized spacial score (nSPS) is 10.8. The van der Waals surface area contributed by atoms with E-state index in [-0.39, 0.29) is 24.0 Å². The van der Waals surface area contributed by atoms with Gasteiger partial charge in [0.15, 0.2) is 0 Å². The van der Waals surface area contributed by atoms with Gasteiger partial charge in [0.05, 0.1) is 12.2 Å². The number of hydrogen-bond donors (Lipinski definition) is 2. The molecule has 2 amide bonds. The molecule has 6 heteroatoms. The lowest BCUT2D eigenvalue weighted by molar-refractivity contribution is -0.122. The van der Waals surface area contributed by atoms with E-state index in [2.05, 4.69) is 10.6 Å². The number of ether oxygens (including phenoxy) is 2. The minimum atomic E-state index is -0.0592. The van der Waals surface area contributed by atoms with Gasteiger partial charge in [0, 0.05) is 25.9 Å². The summed E-state index contributed by atoms with van der Waals surface area (Å²) in [6, 6.07) is 15.3. The summed E-state index contributed by atoms with van der Waals surface area (Å²) in [5.74, 6) is 1.51. The summed E-state index contributed by atoms with van der Waals surface area (Å²) in [5, 5.41) is 5.77. The van der Waals surface area contributed by atoms with Gasteiger partial charge in [-0.15, -0.1) is 0 Å². The summed E-state index contributed by atoms with van der Waals surface area (Å²) >= 11 is 0. The highest BCUT2D eigenvalue weighted by molar-refractivity contribution is 5.78. The Kier molecular flexibility index (Phi) is 9.88. The molecule has 6 nitrogen and oxygen atoms in total. The molecule has 168 valence electrons. The summed E-state index contributed by atoms with van der Waals surface area (Å²) in [6.45, 7) is 8.85. The Bertz CT molecular complexity index is 745. The summed E-state index contributed by atoms with van der Waals surface area (Å²) in [6.07, 6.45) is 1.42. The number of carbonyl (C=O) groups is 2. The molecule has 0 fully saturated rings. The summed E-state index contributed by atoms with van der Waals surface area (Å²) in [7, 11) is 0. The first kappa shape index (κ1) is 24.3. The molecule has 0 radical (unpaired) electrons. The van der Waals surface area contributed by atoms with Gasteiger partial charge in [0.1, 0.15) is 11.5 Å². The number of carbonyl (C=O) groups excluding carboxylic acids is 2. The minimum Gasteiger partial charge on any atom is -0.491 e. The van der Waals surface area contributed by atoms with Gasteiger partial charge in [-0.2, -0.15) is 0 Å². The predicted octanol–water partition coefficient (Wildman–Crippen LogP) is 4.36. The van der Waals surface area contributed by atoms with E-state index in [1.165, 1.54) is 0 Å². The number of nitrogens with one attached hydrogen (secondary N) is 2. The van der Waals surface area contributed by atoms with Crippen LogP contribution in [-0.2, 0) is 22.7 Å². The Morgan fingerprint density at radius 2 is 1.03 bits per heavy atom. The van der Waals surface area contributed by atoms with Crippen LogP contribution in [0.25, 0.3) is 0 Å². The van der Waals surface area contributed by atoms with Crippen LogP contribution in [0.15, 0.2) is 48.5 Å². The lowest BCUT2D eigenvalue weighted by atomic mass is 10.2. The first-order chi connectivity index (χ1) is 14.8. The van der Waals surface area contributed by atoms with Gasteiger partial charge in [0.25, 0.3) is 0 Å². The van der Waals surface area contributed by atoms with E-state index in [4.69, 9.17) is 9.47 Å². The maximum Gasteiger partial charge on any atom is 0.220 e. The standard InChI is InChI=1S/C25H34N2O4/c1-18(2)30-22-12-8-20(9-13-22)16-26-24(28)6-5-7-25(29)27-17-21-10-14-23(15-11-21)31-19(3)4/h8-15,18-19H,5-7,16-17H2,1-4H3,(H,26,28)(H,27,29). The quantitative estimate of drug-likeness (QED) is 0.529. The molecule has 0 atom stereocenters. The SMILES string of the molecule is CC(C)Oc1ccc(CNC(=O)CCCC(=O)NCc2ccc(OC(C)C)cc2)cc1. The Labute approximate surface area is 185 Å². The molecule has 0 aliphatic rings. The van der Waals surface area contributed by atoms with Crippen molar-refractivity contribution in [2.45, 2.75) is 72.3 Å². The molecule has 0 spiro atoms. The van der Waals surface area contributed by atoms with E-state index in [0.29, 0.717) is 32.4 Å². The highest BCUT2D eigenvalue weighted by Gasteiger charge is 2.06. The van der Waals surface area contributed by atoms with E-state index >= 15 is 0 Å². The van der Waals surface area contributed by atoms with Crippen molar-refractivity contribution in [1.29, 1.82) is 0 Å². The molecule has 0 saturated carbocycles. The Hall–Kier alpha value is -3.02. The highest BCUT2D eigenvalue weighted by atomic mass is 16.5. The average Bonchev–Trinajstić information content (AvgIpc) is 2.72. The molecule has 0 bridgehead atoms. The molecular formula is C25H34N2O4. The molecule has 2 aromatic carbocycles. The fraction of sp³-hybridized carbons (Fsp3) is 0.440. The number of amides is 2. The van der Waals surface area contributed by atoms with Crippen molar-refractivity contribution in [3.8, 4) is 11.5 Å². The predicted molar refractivity (Wildman–Crippen MR) is 122 cm³/mol. The van der Waals surface area contributed by atoms with Gasteiger partial charge in [-0.25, -0.2) is 0 Å². The zero-order valence-electron chi connectivity index (χ0n) is 18.9. The first-order valence-corrected chi connectivity index (χ1v) is 10.9. The van der Waals surface area contributed by atoms with Crippen LogP contribution >= 0.6 is 0 Å². The van der Waals surface area contributed by atoms with Gasteiger partial charge >= 0.3 is 0 Å². The maximum atomic E-state index is 12.0. The van der Waals surface area contributed by atoms with E-state index in [9.17, 15) is 9.59 Å². The largest absolute Gasteiger partial charge is 0.491 e. The molecule has 0 aliphatic heterocycles. The van der Waals surface area contributed by atoms with Gasteiger partial charge < -0.3 is 20.1 Å². The summed E-state index contributed by atoms with van der Waals surface area (Å²) in [4.78, 5) is 24.0. The van der Waals surface area contributed by atoms with E-state index < -0.39 is 0 Å². The van der Waals surface area contributed by atoms with E-state index in [1.807, 2.05) is 76.2 Å². The molecule has 0 aromatic heterocycles. The molecule has 0 heterocycles. The summed E-state index contributed by atoms with van der Waals surface area (Å²) < 4.78 is 11.2. The van der Waals surface area contributed by atoms with Crippen LogP contribution in [0.4, 0.5) is 0 Å².